The van der Waals surface area contributed by atoms with Gasteiger partial charge in [-0.3, -0.25) is 4.79 Å². The number of hydrogen-bond donors (Lipinski definition) is 1. The summed E-state index contributed by atoms with van der Waals surface area (Å²) in [6.45, 7) is 6.05. The first-order valence-corrected chi connectivity index (χ1v) is 7.38. The van der Waals surface area contributed by atoms with E-state index in [1.165, 1.54) is 0 Å². The average Bonchev–Trinajstić information content (AvgIpc) is 2.43. The van der Waals surface area contributed by atoms with E-state index in [0.717, 1.165) is 13.1 Å². The van der Waals surface area contributed by atoms with E-state index in [9.17, 15) is 4.79 Å². The highest BCUT2D eigenvalue weighted by molar-refractivity contribution is 6.42. The van der Waals surface area contributed by atoms with Crippen molar-refractivity contribution < 1.29 is 9.53 Å². The Morgan fingerprint density at radius 3 is 2.95 bits per heavy atom. The van der Waals surface area contributed by atoms with Crippen molar-refractivity contribution in [1.29, 1.82) is 0 Å². The molecule has 1 amide bonds. The zero-order chi connectivity index (χ0) is 14.7. The molecule has 1 aromatic rings. The van der Waals surface area contributed by atoms with Gasteiger partial charge in [-0.05, 0) is 26.0 Å². The molecular weight excluding hydrogens is 299 g/mol. The maximum Gasteiger partial charge on any atom is 0.263 e. The van der Waals surface area contributed by atoms with Gasteiger partial charge >= 0.3 is 0 Å². The van der Waals surface area contributed by atoms with Crippen LogP contribution in [0.5, 0.6) is 5.75 Å². The first-order valence-electron chi connectivity index (χ1n) is 6.62. The zero-order valence-corrected chi connectivity index (χ0v) is 13.0. The number of nitrogens with one attached hydrogen (secondary N) is 1. The second-order valence-electron chi connectivity index (χ2n) is 4.90. The first kappa shape index (κ1) is 15.4. The third-order valence-corrected chi connectivity index (χ3v) is 4.15. The molecule has 1 saturated heterocycles. The monoisotopic (exact) mass is 316 g/mol. The molecule has 0 saturated carbocycles. The highest BCUT2D eigenvalue weighted by Gasteiger charge is 2.28. The number of carbonyl (C=O) groups excluding carboxylic acids is 1. The van der Waals surface area contributed by atoms with Gasteiger partial charge in [-0.25, -0.2) is 0 Å². The number of piperazine rings is 1. The minimum Gasteiger partial charge on any atom is -0.479 e. The molecule has 2 rings (SSSR count). The predicted molar refractivity (Wildman–Crippen MR) is 80.6 cm³/mol. The second kappa shape index (κ2) is 6.66. The highest BCUT2D eigenvalue weighted by atomic mass is 35.5. The summed E-state index contributed by atoms with van der Waals surface area (Å²) in [6, 6.07) is 5.30. The topological polar surface area (TPSA) is 41.6 Å². The van der Waals surface area contributed by atoms with Crippen molar-refractivity contribution in [2.24, 2.45) is 0 Å². The highest BCUT2D eigenvalue weighted by Crippen LogP contribution is 2.32. The van der Waals surface area contributed by atoms with E-state index in [2.05, 4.69) is 5.32 Å². The van der Waals surface area contributed by atoms with Gasteiger partial charge in [0.25, 0.3) is 5.91 Å². The van der Waals surface area contributed by atoms with E-state index in [4.69, 9.17) is 27.9 Å². The van der Waals surface area contributed by atoms with Gasteiger partial charge in [-0.1, -0.05) is 29.3 Å². The summed E-state index contributed by atoms with van der Waals surface area (Å²) in [7, 11) is 0. The van der Waals surface area contributed by atoms with Crippen LogP contribution in [0, 0.1) is 0 Å². The number of nitrogens with zero attached hydrogens (tertiary/aromatic N) is 1. The normalized spacial score (nSPS) is 20.6. The molecule has 0 aliphatic carbocycles. The lowest BCUT2D eigenvalue weighted by Gasteiger charge is -2.35. The van der Waals surface area contributed by atoms with Crippen LogP contribution >= 0.6 is 23.2 Å². The molecule has 1 heterocycles. The van der Waals surface area contributed by atoms with Crippen molar-refractivity contribution in [2.45, 2.75) is 26.0 Å². The molecule has 2 atom stereocenters. The smallest absolute Gasteiger partial charge is 0.263 e. The molecule has 1 aliphatic heterocycles. The molecule has 0 spiro atoms. The Bertz CT molecular complexity index is 496. The summed E-state index contributed by atoms with van der Waals surface area (Å²) in [6.07, 6.45) is -0.591. The lowest BCUT2D eigenvalue weighted by Crippen LogP contribution is -2.55. The Kier molecular flexibility index (Phi) is 5.13. The zero-order valence-electron chi connectivity index (χ0n) is 11.5. The minimum absolute atomic E-state index is 0.0324. The van der Waals surface area contributed by atoms with Crippen molar-refractivity contribution in [3.8, 4) is 5.75 Å². The van der Waals surface area contributed by atoms with Gasteiger partial charge < -0.3 is 15.0 Å². The van der Waals surface area contributed by atoms with Crippen LogP contribution in [0.15, 0.2) is 18.2 Å². The van der Waals surface area contributed by atoms with Crippen LogP contribution in [-0.2, 0) is 4.79 Å². The quantitative estimate of drug-likeness (QED) is 0.932. The van der Waals surface area contributed by atoms with Crippen LogP contribution in [-0.4, -0.2) is 42.6 Å². The molecule has 6 heteroatoms. The van der Waals surface area contributed by atoms with Crippen LogP contribution in [0.3, 0.4) is 0 Å². The third-order valence-electron chi connectivity index (χ3n) is 3.35. The molecule has 1 aliphatic rings. The summed E-state index contributed by atoms with van der Waals surface area (Å²) in [5.41, 5.74) is 0. The summed E-state index contributed by atoms with van der Waals surface area (Å²) in [4.78, 5) is 14.2. The Morgan fingerprint density at radius 2 is 2.25 bits per heavy atom. The molecule has 0 aromatic heterocycles. The Morgan fingerprint density at radius 1 is 1.50 bits per heavy atom. The molecule has 0 radical (unpaired) electrons. The summed E-state index contributed by atoms with van der Waals surface area (Å²) < 4.78 is 5.66. The van der Waals surface area contributed by atoms with Gasteiger partial charge in [-0.15, -0.1) is 0 Å². The number of ether oxygens (including phenoxy) is 1. The van der Waals surface area contributed by atoms with Gasteiger partial charge in [-0.2, -0.15) is 0 Å². The predicted octanol–water partition coefficient (Wildman–Crippen LogP) is 2.58. The fourth-order valence-corrected chi connectivity index (χ4v) is 2.55. The summed E-state index contributed by atoms with van der Waals surface area (Å²) in [5.74, 6) is 0.401. The van der Waals surface area contributed by atoms with E-state index >= 15 is 0 Å². The fourth-order valence-electron chi connectivity index (χ4n) is 2.22. The van der Waals surface area contributed by atoms with Crippen LogP contribution in [0.1, 0.15) is 13.8 Å². The number of amides is 1. The molecule has 1 unspecified atom stereocenters. The average molecular weight is 317 g/mol. The Hall–Kier alpha value is -0.970. The number of halogens is 2. The van der Waals surface area contributed by atoms with E-state index < -0.39 is 6.10 Å². The second-order valence-corrected chi connectivity index (χ2v) is 5.68. The van der Waals surface area contributed by atoms with Crippen LogP contribution in [0.2, 0.25) is 10.0 Å². The Balaban J connectivity index is 2.05. The van der Waals surface area contributed by atoms with Crippen molar-refractivity contribution in [3.63, 3.8) is 0 Å². The first-order chi connectivity index (χ1) is 9.50. The largest absolute Gasteiger partial charge is 0.479 e. The third kappa shape index (κ3) is 3.37. The number of carbonyl (C=O) groups is 1. The van der Waals surface area contributed by atoms with Crippen LogP contribution in [0.4, 0.5) is 0 Å². The number of rotatable bonds is 3. The van der Waals surface area contributed by atoms with Crippen molar-refractivity contribution in [2.75, 3.05) is 19.6 Å². The van der Waals surface area contributed by atoms with Crippen molar-refractivity contribution in [3.05, 3.63) is 28.2 Å². The van der Waals surface area contributed by atoms with E-state index in [0.29, 0.717) is 22.3 Å². The molecule has 1 N–H and O–H groups in total. The molecular formula is C14H18Cl2N2O2. The van der Waals surface area contributed by atoms with Gasteiger partial charge in [0.15, 0.2) is 6.10 Å². The van der Waals surface area contributed by atoms with E-state index in [-0.39, 0.29) is 11.9 Å². The molecule has 1 fully saturated rings. The van der Waals surface area contributed by atoms with Gasteiger partial charge in [0.2, 0.25) is 0 Å². The van der Waals surface area contributed by atoms with E-state index in [1.54, 1.807) is 25.1 Å². The SMILES string of the molecule is CC(Oc1cccc(Cl)c1Cl)C(=O)N1CCNC[C@H]1C. The molecule has 20 heavy (non-hydrogen) atoms. The lowest BCUT2D eigenvalue weighted by molar-refractivity contribution is -0.140. The van der Waals surface area contributed by atoms with Crippen LogP contribution < -0.4 is 10.1 Å². The molecule has 0 bridgehead atoms. The molecule has 1 aromatic carbocycles. The molecule has 110 valence electrons. The van der Waals surface area contributed by atoms with E-state index in [1.807, 2.05) is 11.8 Å². The fraction of sp³-hybridized carbons (Fsp3) is 0.500. The van der Waals surface area contributed by atoms with Gasteiger partial charge in [0.1, 0.15) is 10.8 Å². The molecule has 4 nitrogen and oxygen atoms in total. The van der Waals surface area contributed by atoms with Crippen molar-refractivity contribution >= 4 is 29.1 Å². The van der Waals surface area contributed by atoms with Crippen molar-refractivity contribution in [1.82, 2.24) is 10.2 Å². The number of hydrogen-bond acceptors (Lipinski definition) is 3. The lowest BCUT2D eigenvalue weighted by atomic mass is 10.2. The van der Waals surface area contributed by atoms with Gasteiger partial charge in [0, 0.05) is 25.7 Å². The minimum atomic E-state index is -0.591. The number of benzene rings is 1. The standard InChI is InChI=1S/C14H18Cl2N2O2/c1-9-8-17-6-7-18(9)14(19)10(2)20-12-5-3-4-11(15)13(12)16/h3-5,9-10,17H,6-8H2,1-2H3/t9-,10?/m1/s1. The maximum atomic E-state index is 12.4. The summed E-state index contributed by atoms with van der Waals surface area (Å²) in [5, 5.41) is 4.00. The maximum absolute atomic E-state index is 12.4. The Labute approximate surface area is 129 Å². The van der Waals surface area contributed by atoms with Crippen LogP contribution in [0.25, 0.3) is 0 Å². The summed E-state index contributed by atoms with van der Waals surface area (Å²) >= 11 is 12.0. The van der Waals surface area contributed by atoms with Gasteiger partial charge in [0.05, 0.1) is 5.02 Å².